The maximum absolute atomic E-state index is 11.9. The first kappa shape index (κ1) is 15.9. The molecule has 0 bridgehead atoms. The third kappa shape index (κ3) is 4.31. The van der Waals surface area contributed by atoms with E-state index in [1.54, 1.807) is 6.92 Å². The van der Waals surface area contributed by atoms with Gasteiger partial charge in [0.05, 0.1) is 7.11 Å². The monoisotopic (exact) mass is 267 g/mol. The van der Waals surface area contributed by atoms with E-state index in [1.807, 2.05) is 0 Å². The molecule has 0 aromatic heterocycles. The fraction of sp³-hybridized carbons (Fsp3) is 0.778. The SMILES string of the molecule is CCCN(CC(=O)O)S(=O)(=O)C(C)C(=O)OC. The van der Waals surface area contributed by atoms with Gasteiger partial charge < -0.3 is 9.84 Å². The number of carbonyl (C=O) groups is 2. The highest BCUT2D eigenvalue weighted by Gasteiger charge is 2.35. The molecule has 17 heavy (non-hydrogen) atoms. The van der Waals surface area contributed by atoms with E-state index in [0.29, 0.717) is 6.42 Å². The minimum Gasteiger partial charge on any atom is -0.480 e. The summed E-state index contributed by atoms with van der Waals surface area (Å²) in [6, 6.07) is 0. The lowest BCUT2D eigenvalue weighted by atomic mass is 10.5. The second-order valence-electron chi connectivity index (χ2n) is 3.44. The summed E-state index contributed by atoms with van der Waals surface area (Å²) in [6.07, 6.45) is 0.459. The van der Waals surface area contributed by atoms with Crippen molar-refractivity contribution in [1.82, 2.24) is 4.31 Å². The van der Waals surface area contributed by atoms with Crippen LogP contribution in [-0.4, -0.2) is 55.2 Å². The smallest absolute Gasteiger partial charge is 0.325 e. The summed E-state index contributed by atoms with van der Waals surface area (Å²) in [7, 11) is -2.91. The van der Waals surface area contributed by atoms with Crippen LogP contribution in [0.4, 0.5) is 0 Å². The molecule has 0 fully saturated rings. The predicted octanol–water partition coefficient (Wildman–Crippen LogP) is -0.326. The van der Waals surface area contributed by atoms with Crippen LogP contribution in [0.25, 0.3) is 0 Å². The van der Waals surface area contributed by atoms with Crippen molar-refractivity contribution in [1.29, 1.82) is 0 Å². The molecule has 0 aliphatic heterocycles. The van der Waals surface area contributed by atoms with Crippen LogP contribution in [0.15, 0.2) is 0 Å². The number of hydrogen-bond donors (Lipinski definition) is 1. The molecule has 0 heterocycles. The summed E-state index contributed by atoms with van der Waals surface area (Å²) in [5.74, 6) is -2.17. The first-order valence-corrected chi connectivity index (χ1v) is 6.56. The summed E-state index contributed by atoms with van der Waals surface area (Å²) < 4.78 is 29.0. The van der Waals surface area contributed by atoms with Crippen molar-refractivity contribution in [2.75, 3.05) is 20.2 Å². The van der Waals surface area contributed by atoms with E-state index in [1.165, 1.54) is 6.92 Å². The molecule has 0 aromatic rings. The van der Waals surface area contributed by atoms with Crippen LogP contribution in [-0.2, 0) is 24.3 Å². The first-order chi connectivity index (χ1) is 7.77. The summed E-state index contributed by atoms with van der Waals surface area (Å²) in [5, 5.41) is 7.22. The Morgan fingerprint density at radius 1 is 1.41 bits per heavy atom. The molecule has 0 saturated heterocycles. The second-order valence-corrected chi connectivity index (χ2v) is 5.69. The molecule has 0 radical (unpaired) electrons. The lowest BCUT2D eigenvalue weighted by molar-refractivity contribution is -0.140. The van der Waals surface area contributed by atoms with Gasteiger partial charge in [-0.3, -0.25) is 9.59 Å². The average molecular weight is 267 g/mol. The number of carboxylic acids is 1. The van der Waals surface area contributed by atoms with Crippen molar-refractivity contribution in [2.24, 2.45) is 0 Å². The number of hydrogen-bond acceptors (Lipinski definition) is 5. The van der Waals surface area contributed by atoms with Crippen LogP contribution in [0.3, 0.4) is 0 Å². The largest absolute Gasteiger partial charge is 0.480 e. The van der Waals surface area contributed by atoms with Crippen LogP contribution in [0.2, 0.25) is 0 Å². The third-order valence-corrected chi connectivity index (χ3v) is 4.24. The first-order valence-electron chi connectivity index (χ1n) is 5.05. The van der Waals surface area contributed by atoms with Crippen molar-refractivity contribution in [2.45, 2.75) is 25.5 Å². The van der Waals surface area contributed by atoms with Crippen molar-refractivity contribution >= 4 is 22.0 Å². The van der Waals surface area contributed by atoms with E-state index in [4.69, 9.17) is 5.11 Å². The third-order valence-electron chi connectivity index (χ3n) is 2.12. The van der Waals surface area contributed by atoms with E-state index >= 15 is 0 Å². The molecule has 1 N–H and O–H groups in total. The van der Waals surface area contributed by atoms with Crippen molar-refractivity contribution in [3.8, 4) is 0 Å². The Balaban J connectivity index is 5.07. The van der Waals surface area contributed by atoms with E-state index in [0.717, 1.165) is 11.4 Å². The minimum atomic E-state index is -3.99. The van der Waals surface area contributed by atoms with Crippen LogP contribution in [0.5, 0.6) is 0 Å². The Labute approximate surface area is 100 Å². The van der Waals surface area contributed by atoms with Gasteiger partial charge in [0.2, 0.25) is 10.0 Å². The Morgan fingerprint density at radius 3 is 2.29 bits per heavy atom. The molecule has 0 spiro atoms. The Morgan fingerprint density at radius 2 is 1.94 bits per heavy atom. The van der Waals surface area contributed by atoms with Gasteiger partial charge in [-0.25, -0.2) is 8.42 Å². The van der Waals surface area contributed by atoms with E-state index in [9.17, 15) is 18.0 Å². The Bertz CT molecular complexity index is 377. The van der Waals surface area contributed by atoms with Crippen molar-refractivity contribution < 1.29 is 27.9 Å². The molecule has 1 unspecified atom stereocenters. The second kappa shape index (κ2) is 6.55. The summed E-state index contributed by atoms with van der Waals surface area (Å²) in [5.41, 5.74) is 0. The summed E-state index contributed by atoms with van der Waals surface area (Å²) in [6.45, 7) is 2.28. The van der Waals surface area contributed by atoms with Crippen molar-refractivity contribution in [3.63, 3.8) is 0 Å². The van der Waals surface area contributed by atoms with E-state index in [2.05, 4.69) is 4.74 Å². The van der Waals surface area contributed by atoms with Gasteiger partial charge in [0.15, 0.2) is 5.25 Å². The topological polar surface area (TPSA) is 101 Å². The maximum atomic E-state index is 11.9. The number of carbonyl (C=O) groups excluding carboxylic acids is 1. The number of nitrogens with zero attached hydrogens (tertiary/aromatic N) is 1. The molecule has 0 saturated carbocycles. The number of esters is 1. The van der Waals surface area contributed by atoms with Crippen LogP contribution >= 0.6 is 0 Å². The van der Waals surface area contributed by atoms with Gasteiger partial charge in [0.1, 0.15) is 6.54 Å². The molecule has 0 aliphatic carbocycles. The van der Waals surface area contributed by atoms with Gasteiger partial charge in [-0.1, -0.05) is 6.92 Å². The highest BCUT2D eigenvalue weighted by molar-refractivity contribution is 7.90. The normalized spacial score (nSPS) is 13.4. The number of carboxylic acid groups (broad SMARTS) is 1. The van der Waals surface area contributed by atoms with Gasteiger partial charge >= 0.3 is 11.9 Å². The predicted molar refractivity (Wildman–Crippen MR) is 59.9 cm³/mol. The van der Waals surface area contributed by atoms with E-state index < -0.39 is 33.8 Å². The quantitative estimate of drug-likeness (QED) is 0.634. The molecule has 0 aromatic carbocycles. The molecule has 7 nitrogen and oxygen atoms in total. The zero-order valence-corrected chi connectivity index (χ0v) is 10.9. The average Bonchev–Trinajstić information content (AvgIpc) is 2.25. The Kier molecular flexibility index (Phi) is 6.11. The molecule has 0 amide bonds. The molecule has 100 valence electrons. The molecule has 8 heteroatoms. The highest BCUT2D eigenvalue weighted by Crippen LogP contribution is 2.11. The Hall–Kier alpha value is -1.15. The van der Waals surface area contributed by atoms with Gasteiger partial charge in [-0.2, -0.15) is 4.31 Å². The summed E-state index contributed by atoms with van der Waals surface area (Å²) >= 11 is 0. The standard InChI is InChI=1S/C9H17NO6S/c1-4-5-10(6-8(11)12)17(14,15)7(2)9(13)16-3/h7H,4-6H2,1-3H3,(H,11,12). The molecular formula is C9H17NO6S. The number of rotatable bonds is 7. The molecule has 1 atom stereocenters. The van der Waals surface area contributed by atoms with Gasteiger partial charge in [-0.05, 0) is 13.3 Å². The van der Waals surface area contributed by atoms with Crippen LogP contribution < -0.4 is 0 Å². The number of sulfonamides is 1. The molecular weight excluding hydrogens is 250 g/mol. The van der Waals surface area contributed by atoms with Crippen molar-refractivity contribution in [3.05, 3.63) is 0 Å². The fourth-order valence-electron chi connectivity index (χ4n) is 1.21. The highest BCUT2D eigenvalue weighted by atomic mass is 32.2. The minimum absolute atomic E-state index is 0.0516. The lowest BCUT2D eigenvalue weighted by Crippen LogP contribution is -2.44. The number of ether oxygens (including phenoxy) is 1. The molecule has 0 rings (SSSR count). The van der Waals surface area contributed by atoms with Crippen LogP contribution in [0.1, 0.15) is 20.3 Å². The molecule has 0 aliphatic rings. The summed E-state index contributed by atoms with van der Waals surface area (Å²) in [4.78, 5) is 21.7. The van der Waals surface area contributed by atoms with Gasteiger partial charge in [-0.15, -0.1) is 0 Å². The zero-order valence-electron chi connectivity index (χ0n) is 10.0. The van der Waals surface area contributed by atoms with Gasteiger partial charge in [0.25, 0.3) is 0 Å². The lowest BCUT2D eigenvalue weighted by Gasteiger charge is -2.22. The van der Waals surface area contributed by atoms with Gasteiger partial charge in [0, 0.05) is 6.54 Å². The zero-order chi connectivity index (χ0) is 13.6. The number of methoxy groups -OCH3 is 1. The number of aliphatic carboxylic acids is 1. The van der Waals surface area contributed by atoms with E-state index in [-0.39, 0.29) is 6.54 Å². The maximum Gasteiger partial charge on any atom is 0.325 e. The fourth-order valence-corrected chi connectivity index (χ4v) is 2.72. The van der Waals surface area contributed by atoms with Crippen LogP contribution in [0, 0.1) is 0 Å².